The van der Waals surface area contributed by atoms with E-state index >= 15 is 0 Å². The molecule has 4 heteroatoms. The van der Waals surface area contributed by atoms with Crippen molar-refractivity contribution in [2.45, 2.75) is 32.7 Å². The van der Waals surface area contributed by atoms with Crippen LogP contribution in [0, 0.1) is 13.8 Å². The summed E-state index contributed by atoms with van der Waals surface area (Å²) < 4.78 is 4.92. The second-order valence-corrected chi connectivity index (χ2v) is 5.40. The molecule has 1 aliphatic rings. The van der Waals surface area contributed by atoms with Crippen molar-refractivity contribution in [3.05, 3.63) is 52.9 Å². The molecule has 3 rings (SSSR count). The first kappa shape index (κ1) is 12.9. The summed E-state index contributed by atoms with van der Waals surface area (Å²) in [5.41, 5.74) is 3.77. The van der Waals surface area contributed by atoms with Gasteiger partial charge in [-0.1, -0.05) is 22.9 Å². The molecule has 0 unspecified atom stereocenters. The Morgan fingerprint density at radius 3 is 2.95 bits per heavy atom. The Bertz CT molecular complexity index is 619. The van der Waals surface area contributed by atoms with Gasteiger partial charge in [-0.05, 0) is 38.3 Å². The predicted octanol–water partition coefficient (Wildman–Crippen LogP) is 3.27. The average molecular weight is 270 g/mol. The minimum Gasteiger partial charge on any atom is -0.364 e. The molecule has 0 spiro atoms. The highest BCUT2D eigenvalue weighted by Crippen LogP contribution is 2.32. The summed E-state index contributed by atoms with van der Waals surface area (Å²) >= 11 is 0. The highest BCUT2D eigenvalue weighted by molar-refractivity contribution is 5.96. The Balaban J connectivity index is 1.91. The number of aromatic nitrogens is 1. The SMILES string of the molecule is Cc1ccc(C)c(C(=O)N2CCC[C@@H]2c2ccon2)c1. The van der Waals surface area contributed by atoms with Crippen LogP contribution < -0.4 is 0 Å². The van der Waals surface area contributed by atoms with Crippen LogP contribution in [0.15, 0.2) is 35.1 Å². The van der Waals surface area contributed by atoms with E-state index in [1.807, 2.05) is 43.0 Å². The molecule has 104 valence electrons. The van der Waals surface area contributed by atoms with Gasteiger partial charge in [0.15, 0.2) is 0 Å². The number of rotatable bonds is 2. The van der Waals surface area contributed by atoms with Crippen molar-refractivity contribution in [2.75, 3.05) is 6.54 Å². The lowest BCUT2D eigenvalue weighted by Gasteiger charge is -2.24. The van der Waals surface area contributed by atoms with Gasteiger partial charge in [-0.3, -0.25) is 4.79 Å². The van der Waals surface area contributed by atoms with Gasteiger partial charge in [-0.2, -0.15) is 0 Å². The van der Waals surface area contributed by atoms with Crippen molar-refractivity contribution in [1.29, 1.82) is 0 Å². The van der Waals surface area contributed by atoms with Gasteiger partial charge in [-0.25, -0.2) is 0 Å². The Morgan fingerprint density at radius 2 is 2.20 bits per heavy atom. The number of likely N-dealkylation sites (tertiary alicyclic amines) is 1. The van der Waals surface area contributed by atoms with Gasteiger partial charge in [-0.15, -0.1) is 0 Å². The van der Waals surface area contributed by atoms with E-state index in [0.29, 0.717) is 0 Å². The van der Waals surface area contributed by atoms with Gasteiger partial charge in [0.25, 0.3) is 5.91 Å². The van der Waals surface area contributed by atoms with Crippen LogP contribution in [-0.2, 0) is 0 Å². The lowest BCUT2D eigenvalue weighted by molar-refractivity contribution is 0.0730. The highest BCUT2D eigenvalue weighted by Gasteiger charge is 2.32. The number of nitrogens with zero attached hydrogens (tertiary/aromatic N) is 2. The Hall–Kier alpha value is -2.10. The normalized spacial score (nSPS) is 18.5. The van der Waals surface area contributed by atoms with E-state index < -0.39 is 0 Å². The van der Waals surface area contributed by atoms with Gasteiger partial charge in [0, 0.05) is 18.2 Å². The topological polar surface area (TPSA) is 46.3 Å². The summed E-state index contributed by atoms with van der Waals surface area (Å²) in [5, 5.41) is 4.00. The monoisotopic (exact) mass is 270 g/mol. The van der Waals surface area contributed by atoms with Gasteiger partial charge in [0.05, 0.1) is 6.04 Å². The molecule has 1 aliphatic heterocycles. The Morgan fingerprint density at radius 1 is 1.35 bits per heavy atom. The van der Waals surface area contributed by atoms with Crippen molar-refractivity contribution in [2.24, 2.45) is 0 Å². The fourth-order valence-electron chi connectivity index (χ4n) is 2.83. The van der Waals surface area contributed by atoms with Crippen LogP contribution in [0.25, 0.3) is 0 Å². The molecule has 0 radical (unpaired) electrons. The fourth-order valence-corrected chi connectivity index (χ4v) is 2.83. The third-order valence-corrected chi connectivity index (χ3v) is 3.94. The van der Waals surface area contributed by atoms with Crippen LogP contribution in [-0.4, -0.2) is 22.5 Å². The molecule has 2 heterocycles. The molecule has 2 aromatic rings. The number of amides is 1. The predicted molar refractivity (Wildman–Crippen MR) is 75.4 cm³/mol. The minimum absolute atomic E-state index is 0.0427. The van der Waals surface area contributed by atoms with Gasteiger partial charge in [0.2, 0.25) is 0 Å². The first-order valence-corrected chi connectivity index (χ1v) is 6.95. The van der Waals surface area contributed by atoms with Crippen molar-refractivity contribution >= 4 is 5.91 Å². The summed E-state index contributed by atoms with van der Waals surface area (Å²) in [6.45, 7) is 4.77. The van der Waals surface area contributed by atoms with Crippen LogP contribution in [0.4, 0.5) is 0 Å². The average Bonchev–Trinajstić information content (AvgIpc) is 3.10. The standard InChI is InChI=1S/C16H18N2O2/c1-11-5-6-12(2)13(10-11)16(19)18-8-3-4-15(18)14-7-9-20-17-14/h5-7,9-10,15H,3-4,8H2,1-2H3/t15-/m1/s1. The summed E-state index contributed by atoms with van der Waals surface area (Å²) in [5.74, 6) is 0.0942. The molecule has 1 aromatic carbocycles. The zero-order valence-electron chi connectivity index (χ0n) is 11.8. The third-order valence-electron chi connectivity index (χ3n) is 3.94. The number of carbonyl (C=O) groups is 1. The zero-order valence-corrected chi connectivity index (χ0v) is 11.8. The molecule has 0 saturated carbocycles. The molecular weight excluding hydrogens is 252 g/mol. The van der Waals surface area contributed by atoms with Crippen molar-refractivity contribution in [1.82, 2.24) is 10.1 Å². The fraction of sp³-hybridized carbons (Fsp3) is 0.375. The Labute approximate surface area is 118 Å². The van der Waals surface area contributed by atoms with E-state index in [-0.39, 0.29) is 11.9 Å². The van der Waals surface area contributed by atoms with E-state index in [0.717, 1.165) is 41.8 Å². The number of aryl methyl sites for hydroxylation is 2. The molecule has 1 atom stereocenters. The van der Waals surface area contributed by atoms with E-state index in [9.17, 15) is 4.79 Å². The third kappa shape index (κ3) is 2.22. The maximum absolute atomic E-state index is 12.8. The maximum Gasteiger partial charge on any atom is 0.254 e. The van der Waals surface area contributed by atoms with Gasteiger partial charge < -0.3 is 9.42 Å². The highest BCUT2D eigenvalue weighted by atomic mass is 16.5. The van der Waals surface area contributed by atoms with Crippen LogP contribution in [0.2, 0.25) is 0 Å². The Kier molecular flexibility index (Phi) is 3.30. The number of carbonyl (C=O) groups excluding carboxylic acids is 1. The molecule has 20 heavy (non-hydrogen) atoms. The zero-order chi connectivity index (χ0) is 14.1. The first-order valence-electron chi connectivity index (χ1n) is 6.95. The number of hydrogen-bond acceptors (Lipinski definition) is 3. The van der Waals surface area contributed by atoms with E-state index in [4.69, 9.17) is 4.52 Å². The lowest BCUT2D eigenvalue weighted by Crippen LogP contribution is -2.31. The van der Waals surface area contributed by atoms with Crippen molar-refractivity contribution < 1.29 is 9.32 Å². The van der Waals surface area contributed by atoms with Crippen LogP contribution >= 0.6 is 0 Å². The van der Waals surface area contributed by atoms with E-state index in [1.54, 1.807) is 6.26 Å². The first-order chi connectivity index (χ1) is 9.66. The molecule has 1 aromatic heterocycles. The number of hydrogen-bond donors (Lipinski definition) is 0. The summed E-state index contributed by atoms with van der Waals surface area (Å²) in [7, 11) is 0. The molecule has 0 N–H and O–H groups in total. The molecule has 1 amide bonds. The van der Waals surface area contributed by atoms with Crippen molar-refractivity contribution in [3.63, 3.8) is 0 Å². The minimum atomic E-state index is 0.0427. The number of benzene rings is 1. The summed E-state index contributed by atoms with van der Waals surface area (Å²) in [6.07, 6.45) is 3.52. The van der Waals surface area contributed by atoms with Crippen LogP contribution in [0.1, 0.15) is 46.1 Å². The smallest absolute Gasteiger partial charge is 0.254 e. The molecule has 0 bridgehead atoms. The van der Waals surface area contributed by atoms with Crippen LogP contribution in [0.3, 0.4) is 0 Å². The molecular formula is C16H18N2O2. The van der Waals surface area contributed by atoms with E-state index in [2.05, 4.69) is 5.16 Å². The molecule has 4 nitrogen and oxygen atoms in total. The summed E-state index contributed by atoms with van der Waals surface area (Å²) in [4.78, 5) is 14.7. The van der Waals surface area contributed by atoms with Crippen LogP contribution in [0.5, 0.6) is 0 Å². The molecule has 1 fully saturated rings. The molecule has 0 aliphatic carbocycles. The maximum atomic E-state index is 12.8. The lowest BCUT2D eigenvalue weighted by atomic mass is 10.0. The second-order valence-electron chi connectivity index (χ2n) is 5.40. The van der Waals surface area contributed by atoms with Crippen molar-refractivity contribution in [3.8, 4) is 0 Å². The van der Waals surface area contributed by atoms with Gasteiger partial charge >= 0.3 is 0 Å². The summed E-state index contributed by atoms with van der Waals surface area (Å²) in [6, 6.07) is 7.89. The largest absolute Gasteiger partial charge is 0.364 e. The second kappa shape index (κ2) is 5.12. The quantitative estimate of drug-likeness (QED) is 0.841. The van der Waals surface area contributed by atoms with E-state index in [1.165, 1.54) is 0 Å². The van der Waals surface area contributed by atoms with Gasteiger partial charge in [0.1, 0.15) is 12.0 Å². The molecule has 1 saturated heterocycles.